The summed E-state index contributed by atoms with van der Waals surface area (Å²) in [5.41, 5.74) is -0.0947. The van der Waals surface area contributed by atoms with Crippen molar-refractivity contribution < 1.29 is 19.1 Å². The molecule has 0 radical (unpaired) electrons. The number of benzene rings is 1. The van der Waals surface area contributed by atoms with Crippen molar-refractivity contribution in [2.75, 3.05) is 23.9 Å². The standard InChI is InChI=1S/C18H13N3O5S/c1-19-10-4-6-11(7-5-10)20(2)18(25)21(3)15-9-13-14(27-15)8-12(16(22)23)17(24)26-13/h4-9H,2-3H3,(H,22,23). The Kier molecular flexibility index (Phi) is 4.66. The Morgan fingerprint density at radius 2 is 1.81 bits per heavy atom. The van der Waals surface area contributed by atoms with E-state index in [2.05, 4.69) is 4.85 Å². The number of carbonyl (C=O) groups excluding carboxylic acids is 1. The molecule has 0 unspecified atom stereocenters. The van der Waals surface area contributed by atoms with Crippen LogP contribution in [0.1, 0.15) is 10.4 Å². The minimum Gasteiger partial charge on any atom is -0.477 e. The molecule has 2 heterocycles. The van der Waals surface area contributed by atoms with Crippen molar-refractivity contribution in [3.8, 4) is 0 Å². The smallest absolute Gasteiger partial charge is 0.351 e. The van der Waals surface area contributed by atoms with Crippen LogP contribution in [0.25, 0.3) is 15.1 Å². The summed E-state index contributed by atoms with van der Waals surface area (Å²) in [5.74, 6) is -1.37. The molecular weight excluding hydrogens is 370 g/mol. The number of carbonyl (C=O) groups is 2. The van der Waals surface area contributed by atoms with Crippen molar-refractivity contribution in [1.29, 1.82) is 0 Å². The normalized spacial score (nSPS) is 10.4. The Hall–Kier alpha value is -3.64. The molecule has 3 rings (SSSR count). The molecule has 2 amide bonds. The van der Waals surface area contributed by atoms with E-state index < -0.39 is 17.2 Å². The minimum atomic E-state index is -1.37. The lowest BCUT2D eigenvalue weighted by Gasteiger charge is -2.23. The molecule has 9 heteroatoms. The predicted molar refractivity (Wildman–Crippen MR) is 102 cm³/mol. The summed E-state index contributed by atoms with van der Waals surface area (Å²) in [5, 5.41) is 9.51. The van der Waals surface area contributed by atoms with E-state index in [1.807, 2.05) is 0 Å². The number of aromatic carboxylic acids is 1. The molecule has 136 valence electrons. The number of nitrogens with zero attached hydrogens (tertiary/aromatic N) is 3. The van der Waals surface area contributed by atoms with E-state index in [4.69, 9.17) is 16.1 Å². The Labute approximate surface area is 157 Å². The van der Waals surface area contributed by atoms with Gasteiger partial charge in [-0.3, -0.25) is 9.80 Å². The van der Waals surface area contributed by atoms with Crippen LogP contribution >= 0.6 is 11.3 Å². The van der Waals surface area contributed by atoms with Gasteiger partial charge in [-0.05, 0) is 18.2 Å². The fraction of sp³-hybridized carbons (Fsp3) is 0.111. The van der Waals surface area contributed by atoms with E-state index in [9.17, 15) is 14.4 Å². The summed E-state index contributed by atoms with van der Waals surface area (Å²) in [7, 11) is 3.16. The van der Waals surface area contributed by atoms with E-state index in [0.717, 1.165) is 11.3 Å². The average molecular weight is 383 g/mol. The van der Waals surface area contributed by atoms with E-state index in [0.29, 0.717) is 21.1 Å². The third-order valence-electron chi connectivity index (χ3n) is 3.91. The zero-order valence-electron chi connectivity index (χ0n) is 14.3. The first-order valence-corrected chi connectivity index (χ1v) is 8.43. The van der Waals surface area contributed by atoms with Crippen molar-refractivity contribution in [3.63, 3.8) is 0 Å². The molecule has 2 aromatic heterocycles. The molecule has 0 bridgehead atoms. The monoisotopic (exact) mass is 383 g/mol. The maximum Gasteiger partial charge on any atom is 0.351 e. The third kappa shape index (κ3) is 3.38. The highest BCUT2D eigenvalue weighted by Gasteiger charge is 2.21. The minimum absolute atomic E-state index is 0.216. The van der Waals surface area contributed by atoms with Gasteiger partial charge in [0.1, 0.15) is 10.6 Å². The Bertz CT molecular complexity index is 1140. The molecule has 0 aliphatic rings. The molecule has 0 fully saturated rings. The number of carboxylic acid groups (broad SMARTS) is 1. The van der Waals surface area contributed by atoms with Crippen molar-refractivity contribution in [2.24, 2.45) is 0 Å². The fourth-order valence-electron chi connectivity index (χ4n) is 2.40. The lowest BCUT2D eigenvalue weighted by molar-refractivity contribution is 0.0692. The topological polar surface area (TPSA) is 95.4 Å². The summed E-state index contributed by atoms with van der Waals surface area (Å²) in [6.07, 6.45) is 0. The molecule has 27 heavy (non-hydrogen) atoms. The first-order valence-electron chi connectivity index (χ1n) is 7.61. The van der Waals surface area contributed by atoms with E-state index >= 15 is 0 Å². The Morgan fingerprint density at radius 1 is 1.15 bits per heavy atom. The second-order valence-corrected chi connectivity index (χ2v) is 6.66. The number of anilines is 2. The highest BCUT2D eigenvalue weighted by Crippen LogP contribution is 2.32. The van der Waals surface area contributed by atoms with Gasteiger partial charge in [-0.15, -0.1) is 11.3 Å². The molecule has 3 aromatic rings. The number of fused-ring (bicyclic) bond motifs is 1. The van der Waals surface area contributed by atoms with Crippen LogP contribution in [0.2, 0.25) is 0 Å². The quantitative estimate of drug-likeness (QED) is 0.694. The molecule has 0 saturated heterocycles. The van der Waals surface area contributed by atoms with Crippen LogP contribution in [0.5, 0.6) is 0 Å². The van der Waals surface area contributed by atoms with E-state index in [-0.39, 0.29) is 11.6 Å². The fourth-order valence-corrected chi connectivity index (χ4v) is 3.38. The Balaban J connectivity index is 1.90. The second-order valence-electron chi connectivity index (χ2n) is 5.59. The molecular formula is C18H13N3O5S. The first kappa shape index (κ1) is 18.2. The maximum atomic E-state index is 12.7. The summed E-state index contributed by atoms with van der Waals surface area (Å²) >= 11 is 1.14. The van der Waals surface area contributed by atoms with Gasteiger partial charge in [0, 0.05) is 25.8 Å². The van der Waals surface area contributed by atoms with Crippen molar-refractivity contribution in [3.05, 3.63) is 63.8 Å². The molecule has 1 N–H and O–H groups in total. The van der Waals surface area contributed by atoms with Gasteiger partial charge >= 0.3 is 17.6 Å². The molecule has 0 aliphatic carbocycles. The lowest BCUT2D eigenvalue weighted by Crippen LogP contribution is -2.38. The second kappa shape index (κ2) is 6.93. The Morgan fingerprint density at radius 3 is 2.41 bits per heavy atom. The van der Waals surface area contributed by atoms with Crippen molar-refractivity contribution in [2.45, 2.75) is 0 Å². The highest BCUT2D eigenvalue weighted by atomic mass is 32.1. The van der Waals surface area contributed by atoms with Crippen LogP contribution in [-0.4, -0.2) is 31.2 Å². The van der Waals surface area contributed by atoms with Crippen LogP contribution < -0.4 is 15.4 Å². The average Bonchev–Trinajstić information content (AvgIpc) is 3.08. The van der Waals surface area contributed by atoms with Crippen LogP contribution in [0.3, 0.4) is 0 Å². The maximum absolute atomic E-state index is 12.7. The van der Waals surface area contributed by atoms with Gasteiger partial charge in [0.25, 0.3) is 0 Å². The summed E-state index contributed by atoms with van der Waals surface area (Å²) in [4.78, 5) is 41.6. The summed E-state index contributed by atoms with van der Waals surface area (Å²) in [6, 6.07) is 8.98. The van der Waals surface area contributed by atoms with Gasteiger partial charge in [0.2, 0.25) is 0 Å². The number of thiophene rings is 1. The van der Waals surface area contributed by atoms with Crippen LogP contribution in [0.4, 0.5) is 21.2 Å². The van der Waals surface area contributed by atoms with Crippen molar-refractivity contribution >= 4 is 50.0 Å². The molecule has 0 saturated carbocycles. The zero-order valence-corrected chi connectivity index (χ0v) is 15.1. The number of amides is 2. The van der Waals surface area contributed by atoms with Crippen LogP contribution in [-0.2, 0) is 0 Å². The largest absolute Gasteiger partial charge is 0.477 e. The lowest BCUT2D eigenvalue weighted by atomic mass is 10.2. The van der Waals surface area contributed by atoms with Crippen LogP contribution in [0, 0.1) is 6.57 Å². The number of urea groups is 1. The number of hydrogen-bond acceptors (Lipinski definition) is 5. The zero-order chi connectivity index (χ0) is 19.7. The number of hydrogen-bond donors (Lipinski definition) is 1. The first-order chi connectivity index (χ1) is 12.8. The molecule has 0 spiro atoms. The van der Waals surface area contributed by atoms with Crippen LogP contribution in [0.15, 0.2) is 45.6 Å². The number of rotatable bonds is 3. The van der Waals surface area contributed by atoms with Gasteiger partial charge in [0.05, 0.1) is 11.3 Å². The third-order valence-corrected chi connectivity index (χ3v) is 5.05. The van der Waals surface area contributed by atoms with Crippen molar-refractivity contribution in [1.82, 2.24) is 0 Å². The predicted octanol–water partition coefficient (Wildman–Crippen LogP) is 3.80. The van der Waals surface area contributed by atoms with E-state index in [1.165, 1.54) is 21.9 Å². The van der Waals surface area contributed by atoms with Gasteiger partial charge in [-0.2, -0.15) is 0 Å². The van der Waals surface area contributed by atoms with Gasteiger partial charge in [-0.25, -0.2) is 19.2 Å². The molecule has 0 aliphatic heterocycles. The van der Waals surface area contributed by atoms with Gasteiger partial charge in [0.15, 0.2) is 11.3 Å². The highest BCUT2D eigenvalue weighted by molar-refractivity contribution is 7.22. The number of carboxylic acids is 1. The van der Waals surface area contributed by atoms with E-state index in [1.54, 1.807) is 38.4 Å². The summed E-state index contributed by atoms with van der Waals surface area (Å²) in [6.45, 7) is 6.97. The van der Waals surface area contributed by atoms with Gasteiger partial charge < -0.3 is 9.52 Å². The molecule has 0 atom stereocenters. The van der Waals surface area contributed by atoms with Gasteiger partial charge in [-0.1, -0.05) is 12.1 Å². The molecule has 1 aromatic carbocycles. The SMILES string of the molecule is [C-]#[N+]c1ccc(N(C)C(=O)N(C)c2cc3oc(=O)c(C(=O)O)cc3s2)cc1. The molecule has 8 nitrogen and oxygen atoms in total. The summed E-state index contributed by atoms with van der Waals surface area (Å²) < 4.78 is 5.48.